The molecule has 1 saturated heterocycles. The third kappa shape index (κ3) is 1.83. The van der Waals surface area contributed by atoms with Gasteiger partial charge in [-0.3, -0.25) is 4.68 Å². The molecular formula is C22H29N3O3. The van der Waals surface area contributed by atoms with Gasteiger partial charge in [0.15, 0.2) is 17.6 Å². The lowest BCUT2D eigenvalue weighted by atomic mass is 9.49. The lowest BCUT2D eigenvalue weighted by Crippen LogP contribution is -2.73. The Hall–Kier alpha value is -2.05. The van der Waals surface area contributed by atoms with Crippen LogP contribution in [0.2, 0.25) is 0 Å². The van der Waals surface area contributed by atoms with Gasteiger partial charge in [-0.05, 0) is 38.1 Å². The van der Waals surface area contributed by atoms with Gasteiger partial charge in [0.25, 0.3) is 0 Å². The van der Waals surface area contributed by atoms with Crippen LogP contribution < -0.4 is 9.47 Å². The maximum Gasteiger partial charge on any atom is 0.166 e. The Labute approximate surface area is 166 Å². The van der Waals surface area contributed by atoms with E-state index in [1.54, 1.807) is 7.11 Å². The summed E-state index contributed by atoms with van der Waals surface area (Å²) in [7, 11) is 5.75. The summed E-state index contributed by atoms with van der Waals surface area (Å²) in [5.41, 5.74) is 3.24. The van der Waals surface area contributed by atoms with E-state index in [9.17, 15) is 5.11 Å². The van der Waals surface area contributed by atoms with Crippen LogP contribution in [0, 0.1) is 0 Å². The molecule has 1 fully saturated rings. The summed E-state index contributed by atoms with van der Waals surface area (Å²) in [5.74, 6) is 1.57. The SMILES string of the molecule is CC.COc1ccc2c3c1OC1c4nn(C)cc4CC4(O)C(C2)N(C)CCC314. The Morgan fingerprint density at radius 2 is 2.04 bits per heavy atom. The zero-order valence-electron chi connectivity index (χ0n) is 17.3. The average Bonchev–Trinajstić information content (AvgIpc) is 3.22. The van der Waals surface area contributed by atoms with Crippen LogP contribution in [0.3, 0.4) is 0 Å². The van der Waals surface area contributed by atoms with Gasteiger partial charge in [0.2, 0.25) is 0 Å². The summed E-state index contributed by atoms with van der Waals surface area (Å²) in [4.78, 5) is 2.33. The van der Waals surface area contributed by atoms with Crippen LogP contribution in [-0.4, -0.2) is 52.1 Å². The van der Waals surface area contributed by atoms with E-state index in [4.69, 9.17) is 14.6 Å². The molecule has 150 valence electrons. The number of piperidine rings is 1. The highest BCUT2D eigenvalue weighted by Gasteiger charge is 2.72. The molecule has 3 heterocycles. The van der Waals surface area contributed by atoms with Gasteiger partial charge >= 0.3 is 0 Å². The fourth-order valence-corrected chi connectivity index (χ4v) is 6.28. The smallest absolute Gasteiger partial charge is 0.166 e. The Balaban J connectivity index is 0.000000829. The molecule has 4 aliphatic rings. The van der Waals surface area contributed by atoms with Crippen molar-refractivity contribution in [1.82, 2.24) is 14.7 Å². The number of fused-ring (bicyclic) bond motifs is 2. The fourth-order valence-electron chi connectivity index (χ4n) is 6.28. The number of hydrogen-bond donors (Lipinski definition) is 1. The van der Waals surface area contributed by atoms with Crippen molar-refractivity contribution >= 4 is 0 Å². The lowest BCUT2D eigenvalue weighted by molar-refractivity contribution is -0.167. The second-order valence-corrected chi connectivity index (χ2v) is 8.37. The first-order chi connectivity index (χ1) is 13.5. The largest absolute Gasteiger partial charge is 0.493 e. The van der Waals surface area contributed by atoms with Crippen LogP contribution in [-0.2, 0) is 25.3 Å². The minimum Gasteiger partial charge on any atom is -0.493 e. The van der Waals surface area contributed by atoms with E-state index < -0.39 is 11.0 Å². The third-order valence-electron chi connectivity index (χ3n) is 7.33. The molecule has 0 amide bonds. The zero-order chi connectivity index (χ0) is 19.8. The number of ether oxygens (including phenoxy) is 2. The van der Waals surface area contributed by atoms with Crippen molar-refractivity contribution in [3.63, 3.8) is 0 Å². The van der Waals surface area contributed by atoms with E-state index in [0.29, 0.717) is 6.42 Å². The molecule has 1 aromatic heterocycles. The highest BCUT2D eigenvalue weighted by Crippen LogP contribution is 2.68. The summed E-state index contributed by atoms with van der Waals surface area (Å²) in [6, 6.07) is 4.24. The molecule has 6 heteroatoms. The molecule has 6 rings (SSSR count). The number of aliphatic hydroxyl groups is 1. The third-order valence-corrected chi connectivity index (χ3v) is 7.33. The van der Waals surface area contributed by atoms with E-state index in [2.05, 4.69) is 18.0 Å². The molecule has 28 heavy (non-hydrogen) atoms. The van der Waals surface area contributed by atoms with Crippen LogP contribution in [0.1, 0.15) is 48.8 Å². The van der Waals surface area contributed by atoms with Crippen molar-refractivity contribution in [2.75, 3.05) is 20.7 Å². The summed E-state index contributed by atoms with van der Waals surface area (Å²) in [6.07, 6.45) is 4.12. The van der Waals surface area contributed by atoms with E-state index >= 15 is 0 Å². The van der Waals surface area contributed by atoms with Gasteiger partial charge in [0, 0.05) is 36.8 Å². The summed E-state index contributed by atoms with van der Waals surface area (Å²) in [6.45, 7) is 4.95. The molecule has 2 aromatic rings. The molecule has 1 aromatic carbocycles. The Morgan fingerprint density at radius 1 is 1.25 bits per heavy atom. The van der Waals surface area contributed by atoms with Crippen molar-refractivity contribution in [2.24, 2.45) is 7.05 Å². The number of aryl methyl sites for hydroxylation is 1. The number of hydrogen-bond acceptors (Lipinski definition) is 5. The van der Waals surface area contributed by atoms with E-state index in [-0.39, 0.29) is 12.1 Å². The molecule has 0 saturated carbocycles. The van der Waals surface area contributed by atoms with Gasteiger partial charge < -0.3 is 19.5 Å². The first-order valence-corrected chi connectivity index (χ1v) is 10.3. The minimum absolute atomic E-state index is 0.0857. The second kappa shape index (κ2) is 5.74. The average molecular weight is 383 g/mol. The number of nitrogens with zero attached hydrogens (tertiary/aromatic N) is 3. The fraction of sp³-hybridized carbons (Fsp3) is 0.591. The van der Waals surface area contributed by atoms with Crippen LogP contribution in [0.25, 0.3) is 0 Å². The van der Waals surface area contributed by atoms with Gasteiger partial charge in [-0.25, -0.2) is 0 Å². The summed E-state index contributed by atoms with van der Waals surface area (Å²) in [5, 5.41) is 16.9. The molecule has 2 aliphatic heterocycles. The van der Waals surface area contributed by atoms with E-state index in [1.165, 1.54) is 11.1 Å². The lowest BCUT2D eigenvalue weighted by Gasteiger charge is -2.61. The Bertz CT molecular complexity index is 955. The second-order valence-electron chi connectivity index (χ2n) is 8.37. The number of rotatable bonds is 1. The molecule has 1 N–H and O–H groups in total. The highest BCUT2D eigenvalue weighted by atomic mass is 16.5. The predicted octanol–water partition coefficient (Wildman–Crippen LogP) is 2.37. The minimum atomic E-state index is -0.856. The van der Waals surface area contributed by atoms with Gasteiger partial charge in [-0.2, -0.15) is 5.10 Å². The number of benzene rings is 1. The van der Waals surface area contributed by atoms with Gasteiger partial charge in [-0.1, -0.05) is 19.9 Å². The molecular weight excluding hydrogens is 354 g/mol. The topological polar surface area (TPSA) is 59.8 Å². The van der Waals surface area contributed by atoms with Crippen molar-refractivity contribution < 1.29 is 14.6 Å². The maximum atomic E-state index is 12.2. The first kappa shape index (κ1) is 18.0. The number of aromatic nitrogens is 2. The monoisotopic (exact) mass is 383 g/mol. The molecule has 4 unspecified atom stereocenters. The van der Waals surface area contributed by atoms with Crippen LogP contribution in [0.15, 0.2) is 18.3 Å². The Kier molecular flexibility index (Phi) is 3.69. The van der Waals surface area contributed by atoms with Crippen LogP contribution in [0.4, 0.5) is 0 Å². The Morgan fingerprint density at radius 3 is 2.79 bits per heavy atom. The van der Waals surface area contributed by atoms with Crippen LogP contribution >= 0.6 is 0 Å². The van der Waals surface area contributed by atoms with Gasteiger partial charge in [0.1, 0.15) is 5.69 Å². The van der Waals surface area contributed by atoms with Crippen molar-refractivity contribution in [3.8, 4) is 11.5 Å². The van der Waals surface area contributed by atoms with Crippen molar-refractivity contribution in [3.05, 3.63) is 40.7 Å². The quantitative estimate of drug-likeness (QED) is 0.819. The molecule has 4 atom stereocenters. The van der Waals surface area contributed by atoms with E-state index in [1.807, 2.05) is 37.8 Å². The summed E-state index contributed by atoms with van der Waals surface area (Å²) >= 11 is 0. The highest BCUT2D eigenvalue weighted by molar-refractivity contribution is 5.64. The van der Waals surface area contributed by atoms with Crippen molar-refractivity contribution in [2.45, 2.75) is 56.3 Å². The molecule has 2 bridgehead atoms. The van der Waals surface area contributed by atoms with Gasteiger partial charge in [-0.15, -0.1) is 0 Å². The maximum absolute atomic E-state index is 12.2. The van der Waals surface area contributed by atoms with E-state index in [0.717, 1.165) is 42.1 Å². The molecule has 6 nitrogen and oxygen atoms in total. The van der Waals surface area contributed by atoms with Crippen LogP contribution in [0.5, 0.6) is 11.5 Å². The number of likely N-dealkylation sites (tertiary alicyclic amines) is 1. The number of likely N-dealkylation sites (N-methyl/N-ethyl adjacent to an activating group) is 1. The normalized spacial score (nSPS) is 33.9. The standard InChI is InChI=1S/C20H23N3O3.C2H6/c1-22-7-6-19-15-11-4-5-13(25-3)17(15)26-18(19)16-12(10-23(2)21-16)9-20(19,24)14(22)8-11;1-2/h4-5,10,14,18,24H,6-9H2,1-3H3;1-2H3. The molecule has 2 aliphatic carbocycles. The molecule has 0 radical (unpaired) electrons. The van der Waals surface area contributed by atoms with Gasteiger partial charge in [0.05, 0.1) is 18.1 Å². The zero-order valence-corrected chi connectivity index (χ0v) is 17.3. The first-order valence-electron chi connectivity index (χ1n) is 10.3. The summed E-state index contributed by atoms with van der Waals surface area (Å²) < 4.78 is 14.0. The molecule has 1 spiro atoms. The predicted molar refractivity (Wildman–Crippen MR) is 106 cm³/mol. The van der Waals surface area contributed by atoms with Crippen molar-refractivity contribution in [1.29, 1.82) is 0 Å². The number of methoxy groups -OCH3 is 1.